The second-order valence-corrected chi connectivity index (χ2v) is 4.87. The quantitative estimate of drug-likeness (QED) is 0.882. The van der Waals surface area contributed by atoms with Gasteiger partial charge in [0.05, 0.1) is 7.11 Å². The molecule has 2 rings (SSSR count). The molecule has 0 spiro atoms. The highest BCUT2D eigenvalue weighted by atomic mass is 16.5. The summed E-state index contributed by atoms with van der Waals surface area (Å²) in [6, 6.07) is 7.52. The van der Waals surface area contributed by atoms with Crippen LogP contribution in [0.3, 0.4) is 0 Å². The van der Waals surface area contributed by atoms with Crippen molar-refractivity contribution < 1.29 is 9.53 Å². The molecule has 1 aromatic rings. The van der Waals surface area contributed by atoms with Crippen LogP contribution in [0, 0.1) is 5.92 Å². The van der Waals surface area contributed by atoms with Gasteiger partial charge in [0.2, 0.25) is 0 Å². The molecule has 1 fully saturated rings. The normalized spacial score (nSPS) is 23.2. The molecule has 1 amide bonds. The summed E-state index contributed by atoms with van der Waals surface area (Å²) >= 11 is 0. The zero-order valence-electron chi connectivity index (χ0n) is 10.9. The molecule has 1 aromatic carbocycles. The van der Waals surface area contributed by atoms with E-state index in [0.717, 1.165) is 18.7 Å². The molecule has 1 saturated heterocycles. The van der Waals surface area contributed by atoms with Crippen molar-refractivity contribution in [1.29, 1.82) is 0 Å². The van der Waals surface area contributed by atoms with Gasteiger partial charge in [-0.3, -0.25) is 4.79 Å². The van der Waals surface area contributed by atoms with Crippen LogP contribution in [0.5, 0.6) is 5.75 Å². The fraction of sp³-hybridized carbons (Fsp3) is 0.500. The highest BCUT2D eigenvalue weighted by molar-refractivity contribution is 5.94. The monoisotopic (exact) mass is 248 g/mol. The van der Waals surface area contributed by atoms with Crippen molar-refractivity contribution in [2.45, 2.75) is 19.4 Å². The Labute approximate surface area is 108 Å². The molecule has 0 bridgehead atoms. The molecule has 18 heavy (non-hydrogen) atoms. The van der Waals surface area contributed by atoms with E-state index in [1.54, 1.807) is 7.11 Å². The van der Waals surface area contributed by atoms with Gasteiger partial charge in [-0.1, -0.05) is 0 Å². The topological polar surface area (TPSA) is 55.6 Å². The summed E-state index contributed by atoms with van der Waals surface area (Å²) in [5, 5.41) is 0. The van der Waals surface area contributed by atoms with E-state index < -0.39 is 0 Å². The van der Waals surface area contributed by atoms with Gasteiger partial charge < -0.3 is 15.4 Å². The summed E-state index contributed by atoms with van der Waals surface area (Å²) in [5.74, 6) is 1.28. The molecule has 98 valence electrons. The number of rotatable bonds is 3. The number of hydrogen-bond donors (Lipinski definition) is 1. The van der Waals surface area contributed by atoms with Gasteiger partial charge in [0, 0.05) is 18.2 Å². The van der Waals surface area contributed by atoms with E-state index in [2.05, 4.69) is 6.92 Å². The minimum absolute atomic E-state index is 0.0844. The van der Waals surface area contributed by atoms with Crippen molar-refractivity contribution in [1.82, 2.24) is 4.90 Å². The number of likely N-dealkylation sites (tertiary alicyclic amines) is 1. The third-order valence-corrected chi connectivity index (χ3v) is 3.59. The zero-order valence-corrected chi connectivity index (χ0v) is 10.9. The number of methoxy groups -OCH3 is 1. The molecule has 2 unspecified atom stereocenters. The first-order valence-electron chi connectivity index (χ1n) is 6.30. The van der Waals surface area contributed by atoms with Gasteiger partial charge in [-0.15, -0.1) is 0 Å². The van der Waals surface area contributed by atoms with Crippen molar-refractivity contribution in [3.63, 3.8) is 0 Å². The molecule has 2 N–H and O–H groups in total. The van der Waals surface area contributed by atoms with E-state index >= 15 is 0 Å². The molecule has 1 heterocycles. The van der Waals surface area contributed by atoms with Crippen LogP contribution in [-0.2, 0) is 0 Å². The lowest BCUT2D eigenvalue weighted by Crippen LogP contribution is -2.34. The smallest absolute Gasteiger partial charge is 0.254 e. The molecule has 2 atom stereocenters. The Morgan fingerprint density at radius 1 is 1.44 bits per heavy atom. The van der Waals surface area contributed by atoms with Crippen LogP contribution in [0.4, 0.5) is 0 Å². The van der Waals surface area contributed by atoms with E-state index in [1.807, 2.05) is 29.2 Å². The first-order chi connectivity index (χ1) is 8.65. The second-order valence-electron chi connectivity index (χ2n) is 4.87. The highest BCUT2D eigenvalue weighted by Crippen LogP contribution is 2.24. The van der Waals surface area contributed by atoms with Crippen LogP contribution in [0.15, 0.2) is 24.3 Å². The number of nitrogens with two attached hydrogens (primary N) is 1. The van der Waals surface area contributed by atoms with E-state index in [0.29, 0.717) is 18.0 Å². The molecular weight excluding hydrogens is 228 g/mol. The lowest BCUT2D eigenvalue weighted by Gasteiger charge is -2.21. The average molecular weight is 248 g/mol. The fourth-order valence-corrected chi connectivity index (χ4v) is 2.50. The number of amides is 1. The van der Waals surface area contributed by atoms with Gasteiger partial charge in [0.1, 0.15) is 5.75 Å². The van der Waals surface area contributed by atoms with E-state index in [4.69, 9.17) is 10.5 Å². The van der Waals surface area contributed by atoms with E-state index in [-0.39, 0.29) is 11.9 Å². The number of carbonyl (C=O) groups excluding carboxylic acids is 1. The number of benzene rings is 1. The lowest BCUT2D eigenvalue weighted by atomic mass is 10.1. The van der Waals surface area contributed by atoms with Crippen molar-refractivity contribution in [2.75, 3.05) is 20.2 Å². The Morgan fingerprint density at radius 2 is 2.11 bits per heavy atom. The van der Waals surface area contributed by atoms with Gasteiger partial charge in [-0.25, -0.2) is 0 Å². The standard InChI is InChI=1S/C14H20N2O2/c1-10-7-11(8-15)9-16(10)14(17)12-3-5-13(18-2)6-4-12/h3-6,10-11H,7-9,15H2,1-2H3. The largest absolute Gasteiger partial charge is 0.497 e. The molecule has 0 radical (unpaired) electrons. The minimum atomic E-state index is 0.0844. The molecule has 0 aliphatic carbocycles. The number of hydrogen-bond acceptors (Lipinski definition) is 3. The van der Waals surface area contributed by atoms with Gasteiger partial charge in [0.15, 0.2) is 0 Å². The molecule has 4 heteroatoms. The third-order valence-electron chi connectivity index (χ3n) is 3.59. The molecule has 4 nitrogen and oxygen atoms in total. The summed E-state index contributed by atoms with van der Waals surface area (Å²) in [7, 11) is 1.62. The molecular formula is C14H20N2O2. The molecule has 0 saturated carbocycles. The number of carbonyl (C=O) groups is 1. The summed E-state index contributed by atoms with van der Waals surface area (Å²) in [4.78, 5) is 14.3. The van der Waals surface area contributed by atoms with Crippen LogP contribution in [0.2, 0.25) is 0 Å². The molecule has 1 aliphatic heterocycles. The van der Waals surface area contributed by atoms with Crippen LogP contribution in [0.25, 0.3) is 0 Å². The fourth-order valence-electron chi connectivity index (χ4n) is 2.50. The lowest BCUT2D eigenvalue weighted by molar-refractivity contribution is 0.0743. The van der Waals surface area contributed by atoms with Crippen LogP contribution < -0.4 is 10.5 Å². The Bertz CT molecular complexity index is 416. The van der Waals surface area contributed by atoms with Crippen molar-refractivity contribution >= 4 is 5.91 Å². The summed E-state index contributed by atoms with van der Waals surface area (Å²) in [5.41, 5.74) is 6.39. The van der Waals surface area contributed by atoms with E-state index in [9.17, 15) is 4.79 Å². The van der Waals surface area contributed by atoms with Gasteiger partial charge in [-0.05, 0) is 50.1 Å². The minimum Gasteiger partial charge on any atom is -0.497 e. The predicted octanol–water partition coefficient (Wildman–Crippen LogP) is 1.50. The number of ether oxygens (including phenoxy) is 1. The highest BCUT2D eigenvalue weighted by Gasteiger charge is 2.31. The van der Waals surface area contributed by atoms with Gasteiger partial charge in [0.25, 0.3) is 5.91 Å². The van der Waals surface area contributed by atoms with Crippen LogP contribution >= 0.6 is 0 Å². The Kier molecular flexibility index (Phi) is 3.87. The first-order valence-corrected chi connectivity index (χ1v) is 6.30. The van der Waals surface area contributed by atoms with Crippen molar-refractivity contribution in [3.8, 4) is 5.75 Å². The Morgan fingerprint density at radius 3 is 2.61 bits per heavy atom. The molecule has 0 aromatic heterocycles. The second kappa shape index (κ2) is 5.40. The van der Waals surface area contributed by atoms with Crippen LogP contribution in [-0.4, -0.2) is 37.0 Å². The average Bonchev–Trinajstić information content (AvgIpc) is 2.79. The Hall–Kier alpha value is -1.55. The first kappa shape index (κ1) is 12.9. The van der Waals surface area contributed by atoms with Gasteiger partial charge >= 0.3 is 0 Å². The zero-order chi connectivity index (χ0) is 13.1. The van der Waals surface area contributed by atoms with Crippen molar-refractivity contribution in [3.05, 3.63) is 29.8 Å². The molecule has 1 aliphatic rings. The van der Waals surface area contributed by atoms with E-state index in [1.165, 1.54) is 0 Å². The van der Waals surface area contributed by atoms with Gasteiger partial charge in [-0.2, -0.15) is 0 Å². The SMILES string of the molecule is COc1ccc(C(=O)N2CC(CN)CC2C)cc1. The summed E-state index contributed by atoms with van der Waals surface area (Å²) in [6.07, 6.45) is 0.998. The maximum absolute atomic E-state index is 12.4. The maximum atomic E-state index is 12.4. The maximum Gasteiger partial charge on any atom is 0.254 e. The Balaban J connectivity index is 2.11. The van der Waals surface area contributed by atoms with Crippen LogP contribution in [0.1, 0.15) is 23.7 Å². The predicted molar refractivity (Wildman–Crippen MR) is 70.7 cm³/mol. The third kappa shape index (κ3) is 2.48. The van der Waals surface area contributed by atoms with Crippen molar-refractivity contribution in [2.24, 2.45) is 11.7 Å². The number of nitrogens with zero attached hydrogens (tertiary/aromatic N) is 1. The summed E-state index contributed by atoms with van der Waals surface area (Å²) < 4.78 is 5.09. The summed E-state index contributed by atoms with van der Waals surface area (Å²) in [6.45, 7) is 3.50.